The average Bonchev–Trinajstić information content (AvgIpc) is 2.91. The lowest BCUT2D eigenvalue weighted by atomic mass is 9.85. The van der Waals surface area contributed by atoms with Crippen molar-refractivity contribution < 1.29 is 22.7 Å². The van der Waals surface area contributed by atoms with Crippen LogP contribution in [0.1, 0.15) is 29.5 Å². The van der Waals surface area contributed by atoms with E-state index in [0.29, 0.717) is 18.9 Å². The first kappa shape index (κ1) is 27.7. The topological polar surface area (TPSA) is 130 Å². The van der Waals surface area contributed by atoms with Crippen molar-refractivity contribution in [3.8, 4) is 5.75 Å². The molecule has 0 aliphatic heterocycles. The molecule has 0 aromatic heterocycles. The normalized spacial score (nSPS) is 12.4. The van der Waals surface area contributed by atoms with Gasteiger partial charge in [-0.1, -0.05) is 77.9 Å². The van der Waals surface area contributed by atoms with Crippen LogP contribution in [0.2, 0.25) is 0 Å². The molecule has 0 saturated heterocycles. The minimum absolute atomic E-state index is 0.0278. The molecule has 0 fully saturated rings. The van der Waals surface area contributed by atoms with Crippen LogP contribution >= 0.6 is 0 Å². The molecule has 0 aliphatic carbocycles. The highest BCUT2D eigenvalue weighted by Gasteiger charge is 2.41. The highest BCUT2D eigenvalue weighted by molar-refractivity contribution is 7.70. The maximum Gasteiger partial charge on any atom is 0.328 e. The molecule has 1 N–H and O–H groups in total. The molecule has 3 rings (SSSR count). The number of carbonyl (C=O) groups is 1. The third-order valence-corrected chi connectivity index (χ3v) is 6.28. The Balaban J connectivity index is 1.78. The van der Waals surface area contributed by atoms with Crippen LogP contribution < -0.4 is 9.46 Å². The van der Waals surface area contributed by atoms with E-state index in [9.17, 15) is 13.2 Å². The number of benzene rings is 3. The van der Waals surface area contributed by atoms with Gasteiger partial charge in [-0.3, -0.25) is 0 Å². The number of rotatable bonds is 15. The molecule has 194 valence electrons. The van der Waals surface area contributed by atoms with Crippen molar-refractivity contribution in [1.29, 1.82) is 0 Å². The molecule has 0 bridgehead atoms. The van der Waals surface area contributed by atoms with Gasteiger partial charge >= 0.3 is 5.97 Å². The number of carbonyl (C=O) groups excluding carboxylic acids is 1. The van der Waals surface area contributed by atoms with Gasteiger partial charge in [0.2, 0.25) is 10.9 Å². The zero-order valence-electron chi connectivity index (χ0n) is 20.4. The van der Waals surface area contributed by atoms with Gasteiger partial charge in [0.05, 0.1) is 6.61 Å². The van der Waals surface area contributed by atoms with Crippen LogP contribution in [0.25, 0.3) is 10.4 Å². The number of unbranched alkanes of at least 4 members (excludes halogenated alkanes) is 1. The number of esters is 1. The number of thiol groups is 1. The molecule has 37 heavy (non-hydrogen) atoms. The minimum Gasteiger partial charge on any atom is -0.494 e. The van der Waals surface area contributed by atoms with Gasteiger partial charge in [-0.25, -0.2) is 13.2 Å². The van der Waals surface area contributed by atoms with Crippen LogP contribution in [0.3, 0.4) is 0 Å². The number of nitrogens with zero attached hydrogens (tertiary/aromatic N) is 3. The molecule has 3 aromatic carbocycles. The van der Waals surface area contributed by atoms with E-state index < -0.39 is 22.4 Å². The quantitative estimate of drug-likeness (QED) is 0.0756. The molecular formula is C27H30N4O5S. The van der Waals surface area contributed by atoms with Gasteiger partial charge in [-0.15, -0.1) is 0 Å². The first-order valence-corrected chi connectivity index (χ1v) is 13.1. The first-order valence-electron chi connectivity index (χ1n) is 11.9. The molecule has 0 amide bonds. The fourth-order valence-corrected chi connectivity index (χ4v) is 4.48. The van der Waals surface area contributed by atoms with Crippen molar-refractivity contribution >= 4 is 16.9 Å². The first-order chi connectivity index (χ1) is 18.0. The molecular weight excluding hydrogens is 492 g/mol. The van der Waals surface area contributed by atoms with Gasteiger partial charge in [0.25, 0.3) is 0 Å². The van der Waals surface area contributed by atoms with E-state index in [0.717, 1.165) is 29.5 Å². The van der Waals surface area contributed by atoms with E-state index in [-0.39, 0.29) is 19.4 Å². The van der Waals surface area contributed by atoms with E-state index in [4.69, 9.17) is 15.0 Å². The van der Waals surface area contributed by atoms with Gasteiger partial charge in [0.15, 0.2) is 0 Å². The molecule has 0 aliphatic rings. The van der Waals surface area contributed by atoms with E-state index in [1.807, 2.05) is 60.7 Å². The van der Waals surface area contributed by atoms with E-state index in [2.05, 4.69) is 14.7 Å². The Hall–Kier alpha value is -3.85. The van der Waals surface area contributed by atoms with Gasteiger partial charge < -0.3 is 9.47 Å². The number of hydrogen-bond donors (Lipinski definition) is 2. The van der Waals surface area contributed by atoms with Crippen LogP contribution in [0.4, 0.5) is 0 Å². The van der Waals surface area contributed by atoms with Gasteiger partial charge in [0, 0.05) is 24.3 Å². The predicted octanol–water partition coefficient (Wildman–Crippen LogP) is 4.54. The minimum atomic E-state index is -3.10. The molecule has 1 atom stereocenters. The van der Waals surface area contributed by atoms with Crippen LogP contribution in [0.15, 0.2) is 90.0 Å². The third kappa shape index (κ3) is 9.27. The summed E-state index contributed by atoms with van der Waals surface area (Å²) in [6, 6.07) is 25.6. The Morgan fingerprint density at radius 1 is 0.865 bits per heavy atom. The Labute approximate surface area is 218 Å². The summed E-state index contributed by atoms with van der Waals surface area (Å²) in [5.41, 5.74) is 9.12. The van der Waals surface area contributed by atoms with Gasteiger partial charge in [-0.05, 0) is 47.2 Å². The molecule has 0 unspecified atom stereocenters. The number of ether oxygens (including phenoxy) is 2. The SMILES string of the molecule is [N-]=[N+]=NCCCCOc1ccc(C[C@](Cc2ccccc2)(N[SH](=O)=O)C(=O)OCc2ccccc2)cc1. The van der Waals surface area contributed by atoms with Crippen LogP contribution in [0, 0.1) is 0 Å². The fourth-order valence-electron chi connectivity index (χ4n) is 3.88. The maximum atomic E-state index is 13.5. The maximum absolute atomic E-state index is 13.5. The molecule has 0 heterocycles. The van der Waals surface area contributed by atoms with E-state index in [1.54, 1.807) is 24.3 Å². The molecule has 10 heteroatoms. The Morgan fingerprint density at radius 3 is 2.05 bits per heavy atom. The van der Waals surface area contributed by atoms with E-state index >= 15 is 0 Å². The number of hydrogen-bond acceptors (Lipinski definition) is 6. The zero-order valence-corrected chi connectivity index (χ0v) is 21.3. The lowest BCUT2D eigenvalue weighted by molar-refractivity contribution is -0.152. The molecule has 0 radical (unpaired) electrons. The Kier molecular flexibility index (Phi) is 11.0. The fraction of sp³-hybridized carbons (Fsp3) is 0.296. The Bertz CT molecular complexity index is 1240. The van der Waals surface area contributed by atoms with Crippen molar-refractivity contribution in [3.05, 3.63) is 112 Å². The summed E-state index contributed by atoms with van der Waals surface area (Å²) in [4.78, 5) is 16.2. The summed E-state index contributed by atoms with van der Waals surface area (Å²) in [7, 11) is -3.10. The lowest BCUT2D eigenvalue weighted by Crippen LogP contribution is -2.55. The summed E-state index contributed by atoms with van der Waals surface area (Å²) in [5, 5.41) is 3.49. The summed E-state index contributed by atoms with van der Waals surface area (Å²) >= 11 is 0. The molecule has 9 nitrogen and oxygen atoms in total. The second kappa shape index (κ2) is 14.6. The van der Waals surface area contributed by atoms with Crippen molar-refractivity contribution in [3.63, 3.8) is 0 Å². The van der Waals surface area contributed by atoms with Crippen LogP contribution in [-0.2, 0) is 39.9 Å². The largest absolute Gasteiger partial charge is 0.494 e. The van der Waals surface area contributed by atoms with Crippen LogP contribution in [-0.4, -0.2) is 33.1 Å². The predicted molar refractivity (Wildman–Crippen MR) is 141 cm³/mol. The molecule has 0 saturated carbocycles. The number of azide groups is 1. The average molecular weight is 523 g/mol. The zero-order chi connectivity index (χ0) is 26.3. The van der Waals surface area contributed by atoms with Crippen molar-refractivity contribution in [2.45, 2.75) is 37.8 Å². The van der Waals surface area contributed by atoms with Crippen molar-refractivity contribution in [2.75, 3.05) is 13.2 Å². The van der Waals surface area contributed by atoms with Gasteiger partial charge in [-0.2, -0.15) is 4.72 Å². The number of nitrogens with one attached hydrogen (secondary N) is 1. The van der Waals surface area contributed by atoms with Crippen LogP contribution in [0.5, 0.6) is 5.75 Å². The summed E-state index contributed by atoms with van der Waals surface area (Å²) in [6.07, 6.45) is 1.68. The smallest absolute Gasteiger partial charge is 0.328 e. The summed E-state index contributed by atoms with van der Waals surface area (Å²) in [6.45, 7) is 0.930. The second-order valence-electron chi connectivity index (χ2n) is 8.51. The highest BCUT2D eigenvalue weighted by Crippen LogP contribution is 2.24. The summed E-state index contributed by atoms with van der Waals surface area (Å²) < 4.78 is 37.7. The molecule has 3 aromatic rings. The van der Waals surface area contributed by atoms with Gasteiger partial charge in [0.1, 0.15) is 17.9 Å². The third-order valence-electron chi connectivity index (χ3n) is 5.67. The standard InChI is InChI=1S/C27H30N4O5S/c28-31-29-17-7-8-18-35-25-15-13-23(14-16-25)20-27(30-37(33)34,19-22-9-3-1-4-10-22)26(32)36-21-24-11-5-2-6-12-24/h1-6,9-16,37H,7-8,17-21H2,(H,30,33,34)/t27-/m0/s1. The highest BCUT2D eigenvalue weighted by atomic mass is 32.2. The Morgan fingerprint density at radius 2 is 1.46 bits per heavy atom. The van der Waals surface area contributed by atoms with Crippen molar-refractivity contribution in [2.24, 2.45) is 5.11 Å². The monoisotopic (exact) mass is 522 g/mol. The summed E-state index contributed by atoms with van der Waals surface area (Å²) in [5.74, 6) is -0.00420. The lowest BCUT2D eigenvalue weighted by Gasteiger charge is -2.31. The van der Waals surface area contributed by atoms with E-state index in [1.165, 1.54) is 0 Å². The van der Waals surface area contributed by atoms with Crippen molar-refractivity contribution in [1.82, 2.24) is 4.72 Å². The molecule has 0 spiro atoms. The second-order valence-corrected chi connectivity index (χ2v) is 9.24.